The van der Waals surface area contributed by atoms with E-state index in [2.05, 4.69) is 5.32 Å². The standard InChI is InChI=1S/C14H18N2O4/c1-14(2)12(18)16(13(19)15-14)8-10(17)9-20-11-6-4-3-5-7-11/h3-7,10,17H,8-9H2,1-2H3,(H,15,19). The Bertz CT molecular complexity index is 501. The third-order valence-electron chi connectivity index (χ3n) is 3.02. The molecule has 6 heteroatoms. The van der Waals surface area contributed by atoms with Crippen LogP contribution in [0.1, 0.15) is 13.8 Å². The number of aliphatic hydroxyl groups is 1. The number of para-hydroxylation sites is 1. The van der Waals surface area contributed by atoms with Crippen molar-refractivity contribution in [3.05, 3.63) is 30.3 Å². The topological polar surface area (TPSA) is 78.9 Å². The lowest BCUT2D eigenvalue weighted by Gasteiger charge is -2.19. The Morgan fingerprint density at radius 3 is 2.50 bits per heavy atom. The van der Waals surface area contributed by atoms with Gasteiger partial charge in [0.1, 0.15) is 24.0 Å². The smallest absolute Gasteiger partial charge is 0.325 e. The molecule has 1 fully saturated rings. The molecule has 2 rings (SSSR count). The van der Waals surface area contributed by atoms with Crippen LogP contribution in [0.15, 0.2) is 30.3 Å². The first-order valence-corrected chi connectivity index (χ1v) is 6.40. The van der Waals surface area contributed by atoms with Crippen molar-refractivity contribution in [2.75, 3.05) is 13.2 Å². The first-order valence-electron chi connectivity index (χ1n) is 6.40. The molecular formula is C14H18N2O4. The van der Waals surface area contributed by atoms with Crippen molar-refractivity contribution in [1.29, 1.82) is 0 Å². The van der Waals surface area contributed by atoms with Crippen molar-refractivity contribution >= 4 is 11.9 Å². The number of amides is 3. The van der Waals surface area contributed by atoms with Gasteiger partial charge in [-0.15, -0.1) is 0 Å². The van der Waals surface area contributed by atoms with Gasteiger partial charge in [0.25, 0.3) is 5.91 Å². The summed E-state index contributed by atoms with van der Waals surface area (Å²) in [7, 11) is 0. The third-order valence-corrected chi connectivity index (χ3v) is 3.02. The van der Waals surface area contributed by atoms with Crippen LogP contribution in [0.3, 0.4) is 0 Å². The number of β-amino-alcohol motifs (C(OH)–C–C–N with tert-alkyl or cyclic N) is 1. The van der Waals surface area contributed by atoms with Crippen LogP contribution in [0.5, 0.6) is 5.75 Å². The number of rotatable bonds is 5. The molecule has 1 aromatic carbocycles. The van der Waals surface area contributed by atoms with Crippen LogP contribution in [-0.4, -0.2) is 46.7 Å². The van der Waals surface area contributed by atoms with Crippen LogP contribution in [0.4, 0.5) is 4.79 Å². The third kappa shape index (κ3) is 3.08. The largest absolute Gasteiger partial charge is 0.491 e. The normalized spacial score (nSPS) is 18.9. The van der Waals surface area contributed by atoms with Gasteiger partial charge in [0.05, 0.1) is 6.54 Å². The van der Waals surface area contributed by atoms with Crippen LogP contribution < -0.4 is 10.1 Å². The summed E-state index contributed by atoms with van der Waals surface area (Å²) in [5.74, 6) is 0.283. The number of hydrogen-bond acceptors (Lipinski definition) is 4. The minimum Gasteiger partial charge on any atom is -0.491 e. The summed E-state index contributed by atoms with van der Waals surface area (Å²) in [4.78, 5) is 24.6. The van der Waals surface area contributed by atoms with Gasteiger partial charge in [-0.2, -0.15) is 0 Å². The van der Waals surface area contributed by atoms with E-state index in [1.54, 1.807) is 26.0 Å². The molecular weight excluding hydrogens is 260 g/mol. The lowest BCUT2D eigenvalue weighted by Crippen LogP contribution is -2.42. The summed E-state index contributed by atoms with van der Waals surface area (Å²) in [6, 6.07) is 8.55. The second-order valence-corrected chi connectivity index (χ2v) is 5.25. The van der Waals surface area contributed by atoms with Gasteiger partial charge in [-0.25, -0.2) is 4.79 Å². The number of benzene rings is 1. The molecule has 1 aliphatic heterocycles. The minimum atomic E-state index is -0.932. The molecule has 0 spiro atoms. The highest BCUT2D eigenvalue weighted by Gasteiger charge is 2.44. The summed E-state index contributed by atoms with van der Waals surface area (Å²) in [5, 5.41) is 12.4. The number of aliphatic hydroxyl groups excluding tert-OH is 1. The van der Waals surface area contributed by atoms with E-state index >= 15 is 0 Å². The van der Waals surface area contributed by atoms with E-state index in [1.165, 1.54) is 0 Å². The predicted octanol–water partition coefficient (Wildman–Crippen LogP) is 0.757. The number of hydrogen-bond donors (Lipinski definition) is 2. The molecule has 0 saturated carbocycles. The molecule has 20 heavy (non-hydrogen) atoms. The van der Waals surface area contributed by atoms with Crippen LogP contribution in [0, 0.1) is 0 Å². The molecule has 6 nitrogen and oxygen atoms in total. The Hall–Kier alpha value is -2.08. The monoisotopic (exact) mass is 278 g/mol. The van der Waals surface area contributed by atoms with E-state index in [9.17, 15) is 14.7 Å². The lowest BCUT2D eigenvalue weighted by atomic mass is 10.1. The first-order chi connectivity index (χ1) is 9.40. The van der Waals surface area contributed by atoms with Crippen molar-refractivity contribution < 1.29 is 19.4 Å². The maximum atomic E-state index is 11.9. The van der Waals surface area contributed by atoms with Crippen molar-refractivity contribution in [1.82, 2.24) is 10.2 Å². The molecule has 2 N–H and O–H groups in total. The van der Waals surface area contributed by atoms with E-state index in [4.69, 9.17) is 4.74 Å². The van der Waals surface area contributed by atoms with E-state index in [0.717, 1.165) is 4.90 Å². The molecule has 108 valence electrons. The number of urea groups is 1. The fourth-order valence-electron chi connectivity index (χ4n) is 1.96. The average Bonchev–Trinajstić information content (AvgIpc) is 2.60. The number of carbonyl (C=O) groups is 2. The molecule has 1 aromatic rings. The molecule has 1 aliphatic rings. The minimum absolute atomic E-state index is 0.0154. The summed E-state index contributed by atoms with van der Waals surface area (Å²) >= 11 is 0. The van der Waals surface area contributed by atoms with E-state index in [1.807, 2.05) is 18.2 Å². The summed E-state index contributed by atoms with van der Waals surface area (Å²) in [5.41, 5.74) is -0.920. The molecule has 3 amide bonds. The van der Waals surface area contributed by atoms with Crippen LogP contribution in [0.25, 0.3) is 0 Å². The molecule has 1 atom stereocenters. The predicted molar refractivity (Wildman–Crippen MR) is 72.3 cm³/mol. The number of ether oxygens (including phenoxy) is 1. The van der Waals surface area contributed by atoms with Crippen molar-refractivity contribution in [3.63, 3.8) is 0 Å². The fourth-order valence-corrected chi connectivity index (χ4v) is 1.96. The lowest BCUT2D eigenvalue weighted by molar-refractivity contribution is -0.131. The van der Waals surface area contributed by atoms with Gasteiger partial charge >= 0.3 is 6.03 Å². The van der Waals surface area contributed by atoms with Gasteiger partial charge in [-0.05, 0) is 26.0 Å². The van der Waals surface area contributed by atoms with Gasteiger partial charge in [0.2, 0.25) is 0 Å². The Balaban J connectivity index is 1.87. The van der Waals surface area contributed by atoms with Gasteiger partial charge in [0, 0.05) is 0 Å². The highest BCUT2D eigenvalue weighted by molar-refractivity contribution is 6.06. The average molecular weight is 278 g/mol. The number of imide groups is 1. The van der Waals surface area contributed by atoms with Gasteiger partial charge in [0.15, 0.2) is 0 Å². The molecule has 0 bridgehead atoms. The van der Waals surface area contributed by atoms with E-state index in [-0.39, 0.29) is 19.1 Å². The molecule has 1 saturated heterocycles. The molecule has 1 heterocycles. The Labute approximate surface area is 117 Å². The molecule has 1 unspecified atom stereocenters. The second-order valence-electron chi connectivity index (χ2n) is 5.25. The zero-order valence-corrected chi connectivity index (χ0v) is 11.5. The highest BCUT2D eigenvalue weighted by atomic mass is 16.5. The van der Waals surface area contributed by atoms with Gasteiger partial charge in [-0.3, -0.25) is 9.69 Å². The number of nitrogens with one attached hydrogen (secondary N) is 1. The van der Waals surface area contributed by atoms with Gasteiger partial charge < -0.3 is 15.2 Å². The summed E-state index contributed by atoms with van der Waals surface area (Å²) < 4.78 is 5.38. The SMILES string of the molecule is CC1(C)NC(=O)N(CC(O)COc2ccccc2)C1=O. The molecule has 0 aromatic heterocycles. The Morgan fingerprint density at radius 1 is 1.30 bits per heavy atom. The second kappa shape index (κ2) is 5.50. The summed E-state index contributed by atoms with van der Waals surface area (Å²) in [6.07, 6.45) is -0.932. The molecule has 0 aliphatic carbocycles. The van der Waals surface area contributed by atoms with Crippen molar-refractivity contribution in [2.24, 2.45) is 0 Å². The number of nitrogens with zero attached hydrogens (tertiary/aromatic N) is 1. The van der Waals surface area contributed by atoms with Crippen LogP contribution in [-0.2, 0) is 4.79 Å². The van der Waals surface area contributed by atoms with E-state index < -0.39 is 17.7 Å². The zero-order valence-electron chi connectivity index (χ0n) is 11.5. The van der Waals surface area contributed by atoms with Crippen LogP contribution >= 0.6 is 0 Å². The molecule has 0 radical (unpaired) electrons. The number of carbonyl (C=O) groups excluding carboxylic acids is 2. The van der Waals surface area contributed by atoms with Crippen molar-refractivity contribution in [2.45, 2.75) is 25.5 Å². The maximum absolute atomic E-state index is 11.9. The van der Waals surface area contributed by atoms with Crippen molar-refractivity contribution in [3.8, 4) is 5.75 Å². The highest BCUT2D eigenvalue weighted by Crippen LogP contribution is 2.17. The van der Waals surface area contributed by atoms with Crippen LogP contribution in [0.2, 0.25) is 0 Å². The maximum Gasteiger partial charge on any atom is 0.325 e. The Morgan fingerprint density at radius 2 is 1.95 bits per heavy atom. The quantitative estimate of drug-likeness (QED) is 0.779. The Kier molecular flexibility index (Phi) is 3.94. The van der Waals surface area contributed by atoms with Gasteiger partial charge in [-0.1, -0.05) is 18.2 Å². The van der Waals surface area contributed by atoms with E-state index in [0.29, 0.717) is 5.75 Å². The first kappa shape index (κ1) is 14.3. The zero-order chi connectivity index (χ0) is 14.8. The fraction of sp³-hybridized carbons (Fsp3) is 0.429. The summed E-state index contributed by atoms with van der Waals surface area (Å²) in [6.45, 7) is 3.18.